The number of halogens is 1. The largest absolute Gasteiger partial charge is 0.275 e. The molecule has 0 bridgehead atoms. The first-order chi connectivity index (χ1) is 9.17. The molecule has 94 valence electrons. The highest BCUT2D eigenvalue weighted by Gasteiger charge is 2.08. The lowest BCUT2D eigenvalue weighted by molar-refractivity contribution is 0.768. The van der Waals surface area contributed by atoms with Gasteiger partial charge in [0, 0.05) is 24.2 Å². The Hall–Kier alpha value is -2.13. The van der Waals surface area contributed by atoms with E-state index in [0.29, 0.717) is 5.02 Å². The van der Waals surface area contributed by atoms with Gasteiger partial charge < -0.3 is 0 Å². The Balaban J connectivity index is 2.24. The zero-order chi connectivity index (χ0) is 13.4. The van der Waals surface area contributed by atoms with Crippen LogP contribution in [0.1, 0.15) is 5.56 Å². The molecule has 4 heteroatoms. The second-order valence-corrected chi connectivity index (χ2v) is 4.78. The Morgan fingerprint density at radius 3 is 2.84 bits per heavy atom. The first kappa shape index (κ1) is 11.9. The van der Waals surface area contributed by atoms with E-state index in [4.69, 9.17) is 11.6 Å². The molecule has 0 saturated heterocycles. The lowest BCUT2D eigenvalue weighted by Crippen LogP contribution is -1.87. The van der Waals surface area contributed by atoms with Crippen LogP contribution in [0.15, 0.2) is 43.2 Å². The maximum Gasteiger partial charge on any atom is 0.0756 e. The molecule has 0 fully saturated rings. The SMILES string of the molecule is C=Cc1ccc2c(Cl)cc(-c3cnn(C)c3)nc2c1. The zero-order valence-electron chi connectivity index (χ0n) is 10.5. The third kappa shape index (κ3) is 2.13. The van der Waals surface area contributed by atoms with E-state index in [1.165, 1.54) is 0 Å². The van der Waals surface area contributed by atoms with Crippen molar-refractivity contribution in [2.75, 3.05) is 0 Å². The molecule has 0 unspecified atom stereocenters. The number of hydrogen-bond donors (Lipinski definition) is 0. The first-order valence-electron chi connectivity index (χ1n) is 5.89. The fraction of sp³-hybridized carbons (Fsp3) is 0.0667. The molecule has 0 aliphatic carbocycles. The van der Waals surface area contributed by atoms with Crippen molar-refractivity contribution in [3.8, 4) is 11.3 Å². The summed E-state index contributed by atoms with van der Waals surface area (Å²) in [6.45, 7) is 3.77. The number of aryl methyl sites for hydroxylation is 1. The van der Waals surface area contributed by atoms with E-state index in [1.807, 2.05) is 37.5 Å². The molecule has 2 heterocycles. The molecule has 0 amide bonds. The minimum atomic E-state index is 0.694. The summed E-state index contributed by atoms with van der Waals surface area (Å²) in [4.78, 5) is 4.64. The van der Waals surface area contributed by atoms with Gasteiger partial charge in [-0.15, -0.1) is 0 Å². The van der Waals surface area contributed by atoms with Crippen molar-refractivity contribution in [3.63, 3.8) is 0 Å². The van der Waals surface area contributed by atoms with E-state index in [2.05, 4.69) is 16.7 Å². The van der Waals surface area contributed by atoms with E-state index in [0.717, 1.165) is 27.7 Å². The topological polar surface area (TPSA) is 30.7 Å². The van der Waals surface area contributed by atoms with Crippen molar-refractivity contribution in [1.29, 1.82) is 0 Å². The highest BCUT2D eigenvalue weighted by Crippen LogP contribution is 2.28. The van der Waals surface area contributed by atoms with Crippen LogP contribution in [-0.2, 0) is 7.05 Å². The first-order valence-corrected chi connectivity index (χ1v) is 6.27. The van der Waals surface area contributed by atoms with E-state index in [9.17, 15) is 0 Å². The van der Waals surface area contributed by atoms with Gasteiger partial charge in [0.25, 0.3) is 0 Å². The number of benzene rings is 1. The molecule has 0 radical (unpaired) electrons. The fourth-order valence-electron chi connectivity index (χ4n) is 2.03. The number of fused-ring (bicyclic) bond motifs is 1. The highest BCUT2D eigenvalue weighted by atomic mass is 35.5. The van der Waals surface area contributed by atoms with Crippen LogP contribution < -0.4 is 0 Å². The van der Waals surface area contributed by atoms with Gasteiger partial charge >= 0.3 is 0 Å². The monoisotopic (exact) mass is 269 g/mol. The minimum Gasteiger partial charge on any atom is -0.275 e. The maximum absolute atomic E-state index is 6.32. The highest BCUT2D eigenvalue weighted by molar-refractivity contribution is 6.35. The van der Waals surface area contributed by atoms with Gasteiger partial charge in [-0.2, -0.15) is 5.10 Å². The Bertz CT molecular complexity index is 774. The molecule has 0 saturated carbocycles. The summed E-state index contributed by atoms with van der Waals surface area (Å²) < 4.78 is 1.75. The summed E-state index contributed by atoms with van der Waals surface area (Å²) in [5, 5.41) is 5.79. The third-order valence-electron chi connectivity index (χ3n) is 3.02. The number of hydrogen-bond acceptors (Lipinski definition) is 2. The quantitative estimate of drug-likeness (QED) is 0.706. The van der Waals surface area contributed by atoms with E-state index in [1.54, 1.807) is 17.0 Å². The second kappa shape index (κ2) is 4.52. The molecule has 0 aliphatic rings. The Morgan fingerprint density at radius 2 is 2.16 bits per heavy atom. The van der Waals surface area contributed by atoms with Crippen LogP contribution in [0.2, 0.25) is 5.02 Å². The fourth-order valence-corrected chi connectivity index (χ4v) is 2.29. The normalized spacial score (nSPS) is 10.8. The van der Waals surface area contributed by atoms with Crippen molar-refractivity contribution in [3.05, 3.63) is 53.8 Å². The van der Waals surface area contributed by atoms with E-state index < -0.39 is 0 Å². The average molecular weight is 270 g/mol. The van der Waals surface area contributed by atoms with Crippen LogP contribution in [0.4, 0.5) is 0 Å². The summed E-state index contributed by atoms with van der Waals surface area (Å²) in [5.41, 5.74) is 3.67. The van der Waals surface area contributed by atoms with Crippen LogP contribution in [0, 0.1) is 0 Å². The Kier molecular flexibility index (Phi) is 2.84. The van der Waals surface area contributed by atoms with Crippen LogP contribution >= 0.6 is 11.6 Å². The van der Waals surface area contributed by atoms with Crippen molar-refractivity contribution in [1.82, 2.24) is 14.8 Å². The molecule has 3 nitrogen and oxygen atoms in total. The summed E-state index contributed by atoms with van der Waals surface area (Å²) in [5.74, 6) is 0. The molecule has 0 N–H and O–H groups in total. The van der Waals surface area contributed by atoms with Gasteiger partial charge in [0.05, 0.1) is 22.4 Å². The van der Waals surface area contributed by atoms with E-state index in [-0.39, 0.29) is 0 Å². The molecule has 2 aromatic heterocycles. The molecule has 0 atom stereocenters. The van der Waals surface area contributed by atoms with Crippen LogP contribution in [0.3, 0.4) is 0 Å². The van der Waals surface area contributed by atoms with E-state index >= 15 is 0 Å². The van der Waals surface area contributed by atoms with Crippen molar-refractivity contribution < 1.29 is 0 Å². The average Bonchev–Trinajstić information content (AvgIpc) is 2.84. The lowest BCUT2D eigenvalue weighted by Gasteiger charge is -2.04. The zero-order valence-corrected chi connectivity index (χ0v) is 11.2. The molecule has 0 aliphatic heterocycles. The number of aromatic nitrogens is 3. The van der Waals surface area contributed by atoms with Gasteiger partial charge in [-0.1, -0.05) is 36.4 Å². The Labute approximate surface area is 116 Å². The van der Waals surface area contributed by atoms with Gasteiger partial charge in [-0.05, 0) is 17.7 Å². The number of pyridine rings is 1. The van der Waals surface area contributed by atoms with Crippen LogP contribution in [0.25, 0.3) is 28.2 Å². The maximum atomic E-state index is 6.32. The van der Waals surface area contributed by atoms with Crippen molar-refractivity contribution in [2.45, 2.75) is 0 Å². The van der Waals surface area contributed by atoms with Crippen LogP contribution in [0.5, 0.6) is 0 Å². The standard InChI is InChI=1S/C15H12ClN3/c1-3-10-4-5-12-13(16)7-14(18-15(12)6-10)11-8-17-19(2)9-11/h3-9H,1H2,2H3. The van der Waals surface area contributed by atoms with Gasteiger partial charge in [0.2, 0.25) is 0 Å². The van der Waals surface area contributed by atoms with Gasteiger partial charge in [0.1, 0.15) is 0 Å². The predicted molar refractivity (Wildman–Crippen MR) is 79.0 cm³/mol. The second-order valence-electron chi connectivity index (χ2n) is 4.37. The smallest absolute Gasteiger partial charge is 0.0756 e. The molecule has 1 aromatic carbocycles. The minimum absolute atomic E-state index is 0.694. The van der Waals surface area contributed by atoms with Gasteiger partial charge in [-0.3, -0.25) is 4.68 Å². The predicted octanol–water partition coefficient (Wildman–Crippen LogP) is 3.93. The molecular formula is C15H12ClN3. The number of rotatable bonds is 2. The van der Waals surface area contributed by atoms with Crippen molar-refractivity contribution >= 4 is 28.6 Å². The van der Waals surface area contributed by atoms with Crippen molar-refractivity contribution in [2.24, 2.45) is 7.05 Å². The summed E-state index contributed by atoms with van der Waals surface area (Å²) in [6.07, 6.45) is 5.50. The summed E-state index contributed by atoms with van der Waals surface area (Å²) in [7, 11) is 1.88. The van der Waals surface area contributed by atoms with Crippen LogP contribution in [-0.4, -0.2) is 14.8 Å². The summed E-state index contributed by atoms with van der Waals surface area (Å²) in [6, 6.07) is 7.80. The van der Waals surface area contributed by atoms with Gasteiger partial charge in [0.15, 0.2) is 0 Å². The molecule has 3 rings (SSSR count). The third-order valence-corrected chi connectivity index (χ3v) is 3.33. The molecular weight excluding hydrogens is 258 g/mol. The molecule has 19 heavy (non-hydrogen) atoms. The summed E-state index contributed by atoms with van der Waals surface area (Å²) >= 11 is 6.32. The van der Waals surface area contributed by atoms with Gasteiger partial charge in [-0.25, -0.2) is 4.98 Å². The Morgan fingerprint density at radius 1 is 1.32 bits per heavy atom. The number of nitrogens with zero attached hydrogens (tertiary/aromatic N) is 3. The molecule has 0 spiro atoms. The molecule has 3 aromatic rings. The lowest BCUT2D eigenvalue weighted by atomic mass is 10.1.